The van der Waals surface area contributed by atoms with Gasteiger partial charge in [-0.3, -0.25) is 4.79 Å². The first-order valence-electron chi connectivity index (χ1n) is 4.31. The summed E-state index contributed by atoms with van der Waals surface area (Å²) in [6, 6.07) is 3.63. The predicted molar refractivity (Wildman–Crippen MR) is 58.9 cm³/mol. The molecule has 1 aromatic heterocycles. The summed E-state index contributed by atoms with van der Waals surface area (Å²) in [6.07, 6.45) is 1.33. The number of carboxylic acids is 1. The van der Waals surface area contributed by atoms with Crippen LogP contribution in [-0.2, 0) is 21.1 Å². The Morgan fingerprint density at radius 3 is 2.67 bits per heavy atom. The van der Waals surface area contributed by atoms with Crippen LogP contribution in [0.25, 0.3) is 0 Å². The molecule has 0 spiro atoms. The second-order valence-electron chi connectivity index (χ2n) is 3.41. The van der Waals surface area contributed by atoms with E-state index >= 15 is 0 Å². The van der Waals surface area contributed by atoms with Gasteiger partial charge in [-0.2, -0.15) is 0 Å². The Morgan fingerprint density at radius 2 is 2.27 bits per heavy atom. The molecule has 0 aliphatic heterocycles. The van der Waals surface area contributed by atoms with Crippen LogP contribution in [0, 0.1) is 5.92 Å². The van der Waals surface area contributed by atoms with E-state index in [1.807, 2.05) is 17.5 Å². The number of hydrogen-bond donors (Lipinski definition) is 1. The van der Waals surface area contributed by atoms with Crippen molar-refractivity contribution in [3.63, 3.8) is 0 Å². The molecule has 0 aliphatic carbocycles. The molecular weight excluding hydrogens is 236 g/mol. The fourth-order valence-electron chi connectivity index (χ4n) is 1.25. The summed E-state index contributed by atoms with van der Waals surface area (Å²) < 4.78 is 22.0. The molecule has 0 amide bonds. The number of sulfone groups is 1. The van der Waals surface area contributed by atoms with Crippen LogP contribution in [0.4, 0.5) is 0 Å². The average molecular weight is 248 g/mol. The van der Waals surface area contributed by atoms with Gasteiger partial charge in [-0.05, 0) is 17.9 Å². The van der Waals surface area contributed by atoms with Crippen LogP contribution in [0.1, 0.15) is 4.88 Å². The standard InChI is InChI=1S/C9H12O4S2/c1-15(12,13)6-7(9(10)11)5-8-3-2-4-14-8/h2-4,7H,5-6H2,1H3,(H,10,11). The molecule has 15 heavy (non-hydrogen) atoms. The second-order valence-corrected chi connectivity index (χ2v) is 6.63. The molecule has 1 atom stereocenters. The molecule has 0 aromatic carbocycles. The van der Waals surface area contributed by atoms with Gasteiger partial charge in [-0.15, -0.1) is 11.3 Å². The van der Waals surface area contributed by atoms with E-state index in [9.17, 15) is 13.2 Å². The Kier molecular flexibility index (Phi) is 3.87. The van der Waals surface area contributed by atoms with Crippen LogP contribution in [0.3, 0.4) is 0 Å². The van der Waals surface area contributed by atoms with Crippen molar-refractivity contribution in [1.29, 1.82) is 0 Å². The van der Waals surface area contributed by atoms with Crippen molar-refractivity contribution < 1.29 is 18.3 Å². The number of hydrogen-bond acceptors (Lipinski definition) is 4. The zero-order valence-electron chi connectivity index (χ0n) is 8.21. The van der Waals surface area contributed by atoms with E-state index in [2.05, 4.69) is 0 Å². The number of carboxylic acid groups (broad SMARTS) is 1. The smallest absolute Gasteiger partial charge is 0.307 e. The molecule has 0 saturated heterocycles. The molecule has 6 heteroatoms. The summed E-state index contributed by atoms with van der Waals surface area (Å²) in [7, 11) is -3.25. The quantitative estimate of drug-likeness (QED) is 0.845. The number of carbonyl (C=O) groups is 1. The van der Waals surface area contributed by atoms with E-state index in [-0.39, 0.29) is 12.2 Å². The van der Waals surface area contributed by atoms with E-state index < -0.39 is 21.7 Å². The summed E-state index contributed by atoms with van der Waals surface area (Å²) in [5, 5.41) is 10.7. The molecule has 4 nitrogen and oxygen atoms in total. The van der Waals surface area contributed by atoms with Gasteiger partial charge < -0.3 is 5.11 Å². The highest BCUT2D eigenvalue weighted by Gasteiger charge is 2.23. The van der Waals surface area contributed by atoms with Crippen molar-refractivity contribution in [2.75, 3.05) is 12.0 Å². The lowest BCUT2D eigenvalue weighted by atomic mass is 10.1. The summed E-state index contributed by atoms with van der Waals surface area (Å²) in [4.78, 5) is 11.7. The predicted octanol–water partition coefficient (Wildman–Crippen LogP) is 1.04. The van der Waals surface area contributed by atoms with Gasteiger partial charge in [0.05, 0.1) is 11.7 Å². The van der Waals surface area contributed by atoms with Crippen molar-refractivity contribution in [2.45, 2.75) is 6.42 Å². The van der Waals surface area contributed by atoms with Crippen molar-refractivity contribution in [3.05, 3.63) is 22.4 Å². The molecule has 1 rings (SSSR count). The first kappa shape index (κ1) is 12.2. The zero-order chi connectivity index (χ0) is 11.5. The van der Waals surface area contributed by atoms with Crippen LogP contribution in [0.5, 0.6) is 0 Å². The molecule has 0 aliphatic rings. The lowest BCUT2D eigenvalue weighted by molar-refractivity contribution is -0.140. The van der Waals surface area contributed by atoms with Crippen molar-refractivity contribution in [2.24, 2.45) is 5.92 Å². The van der Waals surface area contributed by atoms with Gasteiger partial charge in [-0.25, -0.2) is 8.42 Å². The normalized spacial score (nSPS) is 13.7. The minimum Gasteiger partial charge on any atom is -0.481 e. The topological polar surface area (TPSA) is 71.4 Å². The first-order chi connectivity index (χ1) is 6.88. The van der Waals surface area contributed by atoms with Gasteiger partial charge in [0.25, 0.3) is 0 Å². The average Bonchev–Trinajstić information content (AvgIpc) is 2.52. The third kappa shape index (κ3) is 4.44. The third-order valence-electron chi connectivity index (χ3n) is 1.88. The van der Waals surface area contributed by atoms with Gasteiger partial charge in [0.2, 0.25) is 0 Å². The Hall–Kier alpha value is -0.880. The number of thiophene rings is 1. The Bertz CT molecular complexity index is 419. The van der Waals surface area contributed by atoms with Crippen LogP contribution in [0.15, 0.2) is 17.5 Å². The monoisotopic (exact) mass is 248 g/mol. The fraction of sp³-hybridized carbons (Fsp3) is 0.444. The largest absolute Gasteiger partial charge is 0.481 e. The van der Waals surface area contributed by atoms with Gasteiger partial charge >= 0.3 is 5.97 Å². The molecule has 1 unspecified atom stereocenters. The molecule has 1 N–H and O–H groups in total. The Balaban J connectivity index is 2.72. The lowest BCUT2D eigenvalue weighted by Crippen LogP contribution is -2.24. The van der Waals surface area contributed by atoms with Crippen molar-refractivity contribution in [3.8, 4) is 0 Å². The minimum absolute atomic E-state index is 0.278. The van der Waals surface area contributed by atoms with Crippen molar-refractivity contribution in [1.82, 2.24) is 0 Å². The first-order valence-corrected chi connectivity index (χ1v) is 7.25. The van der Waals surface area contributed by atoms with Crippen molar-refractivity contribution >= 4 is 27.1 Å². The molecule has 0 fully saturated rings. The SMILES string of the molecule is CS(=O)(=O)CC(Cc1cccs1)C(=O)O. The van der Waals surface area contributed by atoms with Gasteiger partial charge in [-0.1, -0.05) is 6.07 Å². The number of rotatable bonds is 5. The summed E-state index contributed by atoms with van der Waals surface area (Å²) in [6.45, 7) is 0. The van der Waals surface area contributed by atoms with E-state index in [0.717, 1.165) is 11.1 Å². The number of aliphatic carboxylic acids is 1. The maximum absolute atomic E-state index is 11.0. The fourth-order valence-corrected chi connectivity index (χ4v) is 3.03. The van der Waals surface area contributed by atoms with Crippen LogP contribution in [0.2, 0.25) is 0 Å². The molecule has 84 valence electrons. The highest BCUT2D eigenvalue weighted by molar-refractivity contribution is 7.90. The van der Waals surface area contributed by atoms with E-state index in [1.54, 1.807) is 0 Å². The second kappa shape index (κ2) is 4.76. The van der Waals surface area contributed by atoms with Gasteiger partial charge in [0.15, 0.2) is 0 Å². The van der Waals surface area contributed by atoms with Crippen LogP contribution in [-0.4, -0.2) is 31.5 Å². The molecule has 1 aromatic rings. The minimum atomic E-state index is -3.25. The van der Waals surface area contributed by atoms with E-state index in [0.29, 0.717) is 0 Å². The summed E-state index contributed by atoms with van der Waals surface area (Å²) in [5.74, 6) is -2.22. The molecular formula is C9H12O4S2. The highest BCUT2D eigenvalue weighted by Crippen LogP contribution is 2.16. The highest BCUT2D eigenvalue weighted by atomic mass is 32.2. The summed E-state index contributed by atoms with van der Waals surface area (Å²) in [5.41, 5.74) is 0. The van der Waals surface area contributed by atoms with Gasteiger partial charge in [0.1, 0.15) is 9.84 Å². The molecule has 1 heterocycles. The molecule has 0 saturated carbocycles. The lowest BCUT2D eigenvalue weighted by Gasteiger charge is -2.09. The third-order valence-corrected chi connectivity index (χ3v) is 3.79. The summed E-state index contributed by atoms with van der Waals surface area (Å²) >= 11 is 1.44. The zero-order valence-corrected chi connectivity index (χ0v) is 9.85. The van der Waals surface area contributed by atoms with Gasteiger partial charge in [0, 0.05) is 11.1 Å². The van der Waals surface area contributed by atoms with E-state index in [1.165, 1.54) is 11.3 Å². The van der Waals surface area contributed by atoms with E-state index in [4.69, 9.17) is 5.11 Å². The molecule has 0 bridgehead atoms. The Labute approximate surface area is 92.5 Å². The van der Waals surface area contributed by atoms with Crippen LogP contribution >= 0.6 is 11.3 Å². The molecule has 0 radical (unpaired) electrons. The maximum atomic E-state index is 11.0. The maximum Gasteiger partial charge on any atom is 0.307 e. The Morgan fingerprint density at radius 1 is 1.60 bits per heavy atom. The van der Waals surface area contributed by atoms with Crippen LogP contribution < -0.4 is 0 Å².